The van der Waals surface area contributed by atoms with E-state index in [2.05, 4.69) is 11.9 Å². The molecule has 0 aromatic heterocycles. The van der Waals surface area contributed by atoms with Gasteiger partial charge in [0.05, 0.1) is 4.91 Å². The Hall–Kier alpha value is -1.55. The summed E-state index contributed by atoms with van der Waals surface area (Å²) in [4.78, 5) is 22.5. The Bertz CT molecular complexity index is 392. The smallest absolute Gasteiger partial charge is 0.282 e. The van der Waals surface area contributed by atoms with Gasteiger partial charge in [-0.2, -0.15) is 0 Å². The Balaban J connectivity index is 0.00000121. The number of hydrogen-bond donors (Lipinski definition) is 1. The molecule has 0 bridgehead atoms. The lowest BCUT2D eigenvalue weighted by Gasteiger charge is -1.92. The van der Waals surface area contributed by atoms with Crippen LogP contribution in [0, 0.1) is 0 Å². The lowest BCUT2D eigenvalue weighted by molar-refractivity contribution is -0.115. The first-order valence-corrected chi connectivity index (χ1v) is 6.19. The first kappa shape index (κ1) is 15.4. The van der Waals surface area contributed by atoms with Gasteiger partial charge < -0.3 is 0 Å². The van der Waals surface area contributed by atoms with Gasteiger partial charge in [0.2, 0.25) is 0 Å². The van der Waals surface area contributed by atoms with Crippen LogP contribution >= 0.6 is 11.8 Å². The highest BCUT2D eigenvalue weighted by Crippen LogP contribution is 2.24. The van der Waals surface area contributed by atoms with Crippen molar-refractivity contribution in [3.8, 4) is 0 Å². The van der Waals surface area contributed by atoms with Crippen LogP contribution in [-0.2, 0) is 4.79 Å². The summed E-state index contributed by atoms with van der Waals surface area (Å²) in [6.45, 7) is 9.52. The van der Waals surface area contributed by atoms with Gasteiger partial charge in [-0.05, 0) is 30.3 Å². The van der Waals surface area contributed by atoms with E-state index < -0.39 is 0 Å². The van der Waals surface area contributed by atoms with Gasteiger partial charge in [0, 0.05) is 0 Å². The summed E-state index contributed by atoms with van der Waals surface area (Å²) >= 11 is 0.900. The van der Waals surface area contributed by atoms with Gasteiger partial charge in [-0.1, -0.05) is 44.7 Å². The van der Waals surface area contributed by atoms with E-state index >= 15 is 0 Å². The molecule has 3 nitrogen and oxygen atoms in total. The Labute approximate surface area is 106 Å². The Morgan fingerprint density at radius 3 is 2.41 bits per heavy atom. The zero-order valence-corrected chi connectivity index (χ0v) is 11.1. The van der Waals surface area contributed by atoms with Crippen molar-refractivity contribution in [2.24, 2.45) is 0 Å². The number of carbonyl (C=O) groups excluding carboxylic acids is 2. The van der Waals surface area contributed by atoms with Crippen LogP contribution in [0.3, 0.4) is 0 Å². The van der Waals surface area contributed by atoms with Crippen LogP contribution < -0.4 is 5.32 Å². The minimum Gasteiger partial charge on any atom is -0.282 e. The predicted molar refractivity (Wildman–Crippen MR) is 73.7 cm³/mol. The van der Waals surface area contributed by atoms with Crippen molar-refractivity contribution in [1.29, 1.82) is 0 Å². The fourth-order valence-corrected chi connectivity index (χ4v) is 1.64. The zero-order chi connectivity index (χ0) is 13.3. The van der Waals surface area contributed by atoms with Gasteiger partial charge in [0.15, 0.2) is 0 Å². The minimum atomic E-state index is -0.349. The van der Waals surface area contributed by atoms with E-state index in [0.29, 0.717) is 4.91 Å². The fraction of sp³-hybridized carbons (Fsp3) is 0.231. The van der Waals surface area contributed by atoms with Crippen molar-refractivity contribution in [2.75, 3.05) is 0 Å². The topological polar surface area (TPSA) is 46.2 Å². The van der Waals surface area contributed by atoms with Crippen LogP contribution in [0.1, 0.15) is 20.8 Å². The van der Waals surface area contributed by atoms with Gasteiger partial charge in [-0.3, -0.25) is 14.9 Å². The quantitative estimate of drug-likeness (QED) is 0.616. The summed E-state index contributed by atoms with van der Waals surface area (Å²) in [5.41, 5.74) is 0.792. The maximum atomic E-state index is 11.2. The highest BCUT2D eigenvalue weighted by molar-refractivity contribution is 8.18. The van der Waals surface area contributed by atoms with E-state index in [0.717, 1.165) is 17.3 Å². The molecule has 1 aliphatic heterocycles. The predicted octanol–water partition coefficient (Wildman–Crippen LogP) is 3.57. The summed E-state index contributed by atoms with van der Waals surface area (Å²) in [6.07, 6.45) is 8.79. The van der Waals surface area contributed by atoms with E-state index in [1.807, 2.05) is 39.0 Å². The third-order valence-corrected chi connectivity index (χ3v) is 2.47. The molecule has 0 aromatic carbocycles. The molecule has 0 spiro atoms. The van der Waals surface area contributed by atoms with Gasteiger partial charge in [0.25, 0.3) is 11.1 Å². The van der Waals surface area contributed by atoms with Crippen LogP contribution in [0.5, 0.6) is 0 Å². The number of carbonyl (C=O) groups is 2. The van der Waals surface area contributed by atoms with E-state index in [-0.39, 0.29) is 11.1 Å². The summed E-state index contributed by atoms with van der Waals surface area (Å²) in [7, 11) is 0. The first-order valence-electron chi connectivity index (χ1n) is 5.37. The normalized spacial score (nSPS) is 18.1. The molecular weight excluding hydrogens is 234 g/mol. The highest BCUT2D eigenvalue weighted by atomic mass is 32.2. The molecule has 0 radical (unpaired) electrons. The van der Waals surface area contributed by atoms with Crippen LogP contribution in [0.2, 0.25) is 0 Å². The van der Waals surface area contributed by atoms with E-state index in [4.69, 9.17) is 0 Å². The fourth-order valence-electron chi connectivity index (χ4n) is 0.955. The molecule has 0 aliphatic carbocycles. The maximum absolute atomic E-state index is 11.2. The average Bonchev–Trinajstić information content (AvgIpc) is 2.65. The number of thioether (sulfide) groups is 1. The van der Waals surface area contributed by atoms with E-state index in [1.54, 1.807) is 12.2 Å². The SMILES string of the molecule is C=CC(/C=C1\SC(=O)NC1=O)=C\C=C/C.CC. The lowest BCUT2D eigenvalue weighted by atomic mass is 10.2. The van der Waals surface area contributed by atoms with E-state index in [1.165, 1.54) is 0 Å². The summed E-state index contributed by atoms with van der Waals surface area (Å²) in [6, 6.07) is 0. The van der Waals surface area contributed by atoms with Crippen molar-refractivity contribution in [1.82, 2.24) is 5.32 Å². The van der Waals surface area contributed by atoms with Crippen molar-refractivity contribution in [3.63, 3.8) is 0 Å². The summed E-state index contributed by atoms with van der Waals surface area (Å²) in [5.74, 6) is -0.349. The molecule has 0 atom stereocenters. The van der Waals surface area contributed by atoms with E-state index in [9.17, 15) is 9.59 Å². The monoisotopic (exact) mass is 251 g/mol. The number of imide groups is 1. The number of amides is 2. The second kappa shape index (κ2) is 8.58. The van der Waals surface area contributed by atoms with Gasteiger partial charge in [-0.25, -0.2) is 0 Å². The van der Waals surface area contributed by atoms with Crippen LogP contribution in [-0.4, -0.2) is 11.1 Å². The standard InChI is InChI=1S/C11H11NO2S.C2H6/c1-3-5-6-8(4-2)7-9-10(13)12-11(14)15-9;1-2/h3-7H,2H2,1H3,(H,12,13,14);1-2H3/b5-3-,8-6+,9-7-;. The second-order valence-electron chi connectivity index (χ2n) is 2.75. The number of rotatable bonds is 3. The van der Waals surface area contributed by atoms with Crippen molar-refractivity contribution in [3.05, 3.63) is 47.4 Å². The number of nitrogens with one attached hydrogen (secondary N) is 1. The molecule has 1 N–H and O–H groups in total. The third kappa shape index (κ3) is 5.36. The third-order valence-electron chi connectivity index (χ3n) is 1.66. The Morgan fingerprint density at radius 2 is 2.00 bits per heavy atom. The molecule has 2 amide bonds. The number of allylic oxidation sites excluding steroid dienone is 6. The molecule has 0 unspecified atom stereocenters. The molecule has 1 fully saturated rings. The molecule has 0 aromatic rings. The van der Waals surface area contributed by atoms with Gasteiger partial charge in [-0.15, -0.1) is 0 Å². The molecule has 92 valence electrons. The molecular formula is C13H17NO2S. The Morgan fingerprint density at radius 1 is 1.35 bits per heavy atom. The molecule has 1 rings (SSSR count). The maximum Gasteiger partial charge on any atom is 0.290 e. The van der Waals surface area contributed by atoms with Crippen LogP contribution in [0.15, 0.2) is 47.4 Å². The average molecular weight is 251 g/mol. The molecule has 0 saturated carbocycles. The van der Waals surface area contributed by atoms with Crippen molar-refractivity contribution >= 4 is 22.9 Å². The molecule has 17 heavy (non-hydrogen) atoms. The summed E-state index contributed by atoms with van der Waals surface area (Å²) in [5, 5.41) is 1.86. The second-order valence-corrected chi connectivity index (χ2v) is 3.76. The molecule has 4 heteroatoms. The largest absolute Gasteiger partial charge is 0.290 e. The van der Waals surface area contributed by atoms with Crippen molar-refractivity contribution in [2.45, 2.75) is 20.8 Å². The van der Waals surface area contributed by atoms with Crippen LogP contribution in [0.4, 0.5) is 4.79 Å². The van der Waals surface area contributed by atoms with Gasteiger partial charge in [0.1, 0.15) is 0 Å². The zero-order valence-electron chi connectivity index (χ0n) is 10.3. The minimum absolute atomic E-state index is 0.333. The highest BCUT2D eigenvalue weighted by Gasteiger charge is 2.24. The summed E-state index contributed by atoms with van der Waals surface area (Å²) < 4.78 is 0. The molecule has 1 saturated heterocycles. The van der Waals surface area contributed by atoms with Crippen molar-refractivity contribution < 1.29 is 9.59 Å². The lowest BCUT2D eigenvalue weighted by Crippen LogP contribution is -2.17. The number of hydrogen-bond acceptors (Lipinski definition) is 3. The molecule has 1 heterocycles. The first-order chi connectivity index (χ1) is 8.17. The Kier molecular flexibility index (Phi) is 7.80. The molecule has 1 aliphatic rings. The van der Waals surface area contributed by atoms with Crippen LogP contribution in [0.25, 0.3) is 0 Å². The van der Waals surface area contributed by atoms with Gasteiger partial charge >= 0.3 is 0 Å².